The minimum Gasteiger partial charge on any atom is -0.346 e. The van der Waals surface area contributed by atoms with E-state index >= 15 is 0 Å². The van der Waals surface area contributed by atoms with E-state index in [0.717, 1.165) is 22.5 Å². The normalized spacial score (nSPS) is 10.2. The molecule has 0 saturated carbocycles. The molecule has 0 saturated heterocycles. The molecule has 1 aromatic heterocycles. The molecule has 6 heteroatoms. The number of carbonyl (C=O) groups excluding carboxylic acids is 1. The second kappa shape index (κ2) is 5.25. The fourth-order valence-corrected chi connectivity index (χ4v) is 2.10. The van der Waals surface area contributed by atoms with Crippen molar-refractivity contribution in [3.63, 3.8) is 0 Å². The van der Waals surface area contributed by atoms with Gasteiger partial charge in [0.1, 0.15) is 0 Å². The fraction of sp³-hybridized carbons (Fsp3) is 0.182. The van der Waals surface area contributed by atoms with E-state index in [0.29, 0.717) is 6.54 Å². The lowest BCUT2D eigenvalue weighted by Crippen LogP contribution is -2.23. The molecule has 0 spiro atoms. The molecular weight excluding hydrogens is 258 g/mol. The number of aryl methyl sites for hydroxylation is 1. The molecule has 1 heterocycles. The fourth-order valence-electron chi connectivity index (χ4n) is 1.36. The molecule has 0 bridgehead atoms. The van der Waals surface area contributed by atoms with Crippen molar-refractivity contribution in [3.8, 4) is 0 Å². The summed E-state index contributed by atoms with van der Waals surface area (Å²) in [6.07, 6.45) is 0. The zero-order valence-electron chi connectivity index (χ0n) is 9.11. The Hall–Kier alpha value is -1.46. The van der Waals surface area contributed by atoms with E-state index in [1.807, 2.05) is 31.2 Å². The van der Waals surface area contributed by atoms with E-state index in [9.17, 15) is 4.79 Å². The number of rotatable bonds is 3. The zero-order chi connectivity index (χ0) is 12.3. The summed E-state index contributed by atoms with van der Waals surface area (Å²) in [4.78, 5) is 11.7. The van der Waals surface area contributed by atoms with Crippen molar-refractivity contribution in [1.29, 1.82) is 0 Å². The van der Waals surface area contributed by atoms with Crippen LogP contribution in [0.25, 0.3) is 0 Å². The lowest BCUT2D eigenvalue weighted by Gasteiger charge is -2.05. The number of nitrogens with zero attached hydrogens (tertiary/aromatic N) is 2. The summed E-state index contributed by atoms with van der Waals surface area (Å²) in [5.41, 5.74) is 2.22. The van der Waals surface area contributed by atoms with Crippen molar-refractivity contribution in [1.82, 2.24) is 15.5 Å². The van der Waals surface area contributed by atoms with E-state index in [1.54, 1.807) is 0 Å². The van der Waals surface area contributed by atoms with Gasteiger partial charge in [-0.2, -0.15) is 0 Å². The van der Waals surface area contributed by atoms with Gasteiger partial charge < -0.3 is 5.32 Å². The van der Waals surface area contributed by atoms with E-state index in [-0.39, 0.29) is 15.4 Å². The maximum atomic E-state index is 11.7. The van der Waals surface area contributed by atoms with Crippen LogP contribution in [0.15, 0.2) is 24.3 Å². The standard InChI is InChI=1S/C11H10ClN3OS/c1-7-4-2-3-5-8(7)6-13-9(16)10-14-15-11(12)17-10/h2-5H,6H2,1H3,(H,13,16). The largest absolute Gasteiger partial charge is 0.346 e. The first-order valence-electron chi connectivity index (χ1n) is 4.98. The van der Waals surface area contributed by atoms with Crippen molar-refractivity contribution in [2.75, 3.05) is 0 Å². The van der Waals surface area contributed by atoms with Crippen molar-refractivity contribution in [3.05, 3.63) is 44.9 Å². The Balaban J connectivity index is 1.99. The van der Waals surface area contributed by atoms with Gasteiger partial charge >= 0.3 is 0 Å². The lowest BCUT2D eigenvalue weighted by molar-refractivity contribution is 0.0950. The SMILES string of the molecule is Cc1ccccc1CNC(=O)c1nnc(Cl)s1. The molecule has 88 valence electrons. The monoisotopic (exact) mass is 267 g/mol. The molecule has 1 amide bonds. The van der Waals surface area contributed by atoms with Gasteiger partial charge in [0.2, 0.25) is 9.47 Å². The number of aromatic nitrogens is 2. The van der Waals surface area contributed by atoms with Gasteiger partial charge in [-0.15, -0.1) is 10.2 Å². The third kappa shape index (κ3) is 3.01. The molecule has 2 rings (SSSR count). The lowest BCUT2D eigenvalue weighted by atomic mass is 10.1. The molecule has 0 aliphatic heterocycles. The predicted molar refractivity (Wildman–Crippen MR) is 67.3 cm³/mol. The molecule has 2 aromatic rings. The Morgan fingerprint density at radius 1 is 1.41 bits per heavy atom. The number of nitrogens with one attached hydrogen (secondary N) is 1. The van der Waals surface area contributed by atoms with E-state index in [4.69, 9.17) is 11.6 Å². The van der Waals surface area contributed by atoms with Crippen LogP contribution in [-0.4, -0.2) is 16.1 Å². The molecule has 0 aliphatic carbocycles. The second-order valence-electron chi connectivity index (χ2n) is 3.47. The summed E-state index contributed by atoms with van der Waals surface area (Å²) in [6.45, 7) is 2.48. The molecule has 0 unspecified atom stereocenters. The van der Waals surface area contributed by atoms with Crippen LogP contribution in [0, 0.1) is 6.92 Å². The third-order valence-corrected chi connectivity index (χ3v) is 3.31. The number of halogens is 1. The van der Waals surface area contributed by atoms with Crippen molar-refractivity contribution in [2.45, 2.75) is 13.5 Å². The molecular formula is C11H10ClN3OS. The summed E-state index contributed by atoms with van der Waals surface area (Å²) >= 11 is 6.68. The highest BCUT2D eigenvalue weighted by Gasteiger charge is 2.11. The minimum absolute atomic E-state index is 0.252. The Morgan fingerprint density at radius 2 is 2.18 bits per heavy atom. The van der Waals surface area contributed by atoms with E-state index < -0.39 is 0 Å². The van der Waals surface area contributed by atoms with Crippen LogP contribution in [0.1, 0.15) is 20.9 Å². The van der Waals surface area contributed by atoms with Gasteiger partial charge in [0.15, 0.2) is 0 Å². The molecule has 17 heavy (non-hydrogen) atoms. The number of carbonyl (C=O) groups is 1. The van der Waals surface area contributed by atoms with Gasteiger partial charge in [-0.25, -0.2) is 0 Å². The Morgan fingerprint density at radius 3 is 2.82 bits per heavy atom. The summed E-state index contributed by atoms with van der Waals surface area (Å²) < 4.78 is 0.269. The summed E-state index contributed by atoms with van der Waals surface area (Å²) in [7, 11) is 0. The van der Waals surface area contributed by atoms with Crippen molar-refractivity contribution >= 4 is 28.8 Å². The number of hydrogen-bond acceptors (Lipinski definition) is 4. The second-order valence-corrected chi connectivity index (χ2v) is 5.03. The Bertz CT molecular complexity index is 541. The van der Waals surface area contributed by atoms with Gasteiger partial charge in [-0.05, 0) is 29.7 Å². The van der Waals surface area contributed by atoms with E-state index in [1.165, 1.54) is 0 Å². The molecule has 0 aliphatic rings. The Labute approximate surface area is 108 Å². The maximum absolute atomic E-state index is 11.7. The van der Waals surface area contributed by atoms with Gasteiger partial charge in [-0.3, -0.25) is 4.79 Å². The molecule has 0 fully saturated rings. The topological polar surface area (TPSA) is 54.9 Å². The maximum Gasteiger partial charge on any atom is 0.282 e. The highest BCUT2D eigenvalue weighted by atomic mass is 35.5. The zero-order valence-corrected chi connectivity index (χ0v) is 10.7. The quantitative estimate of drug-likeness (QED) is 0.929. The van der Waals surface area contributed by atoms with Crippen LogP contribution in [0.2, 0.25) is 4.47 Å². The summed E-state index contributed by atoms with van der Waals surface area (Å²) in [5, 5.41) is 10.3. The predicted octanol–water partition coefficient (Wildman–Crippen LogP) is 2.43. The molecule has 0 atom stereocenters. The molecule has 1 N–H and O–H groups in total. The first-order valence-corrected chi connectivity index (χ1v) is 6.18. The van der Waals surface area contributed by atoms with Crippen molar-refractivity contribution in [2.24, 2.45) is 0 Å². The van der Waals surface area contributed by atoms with Gasteiger partial charge in [0, 0.05) is 6.54 Å². The van der Waals surface area contributed by atoms with Crippen LogP contribution in [-0.2, 0) is 6.54 Å². The minimum atomic E-state index is -0.252. The van der Waals surface area contributed by atoms with Crippen LogP contribution >= 0.6 is 22.9 Å². The summed E-state index contributed by atoms with van der Waals surface area (Å²) in [5.74, 6) is -0.252. The van der Waals surface area contributed by atoms with Gasteiger partial charge in [-0.1, -0.05) is 35.6 Å². The molecule has 4 nitrogen and oxygen atoms in total. The van der Waals surface area contributed by atoms with Crippen LogP contribution in [0.3, 0.4) is 0 Å². The number of amides is 1. The number of hydrogen-bond donors (Lipinski definition) is 1. The summed E-state index contributed by atoms with van der Waals surface area (Å²) in [6, 6.07) is 7.88. The molecule has 1 aromatic carbocycles. The average molecular weight is 268 g/mol. The Kier molecular flexibility index (Phi) is 3.71. The van der Waals surface area contributed by atoms with Gasteiger partial charge in [0.25, 0.3) is 5.91 Å². The van der Waals surface area contributed by atoms with Crippen LogP contribution in [0.5, 0.6) is 0 Å². The smallest absolute Gasteiger partial charge is 0.282 e. The van der Waals surface area contributed by atoms with Crippen LogP contribution < -0.4 is 5.32 Å². The third-order valence-electron chi connectivity index (χ3n) is 2.30. The van der Waals surface area contributed by atoms with E-state index in [2.05, 4.69) is 15.5 Å². The first-order chi connectivity index (χ1) is 8.16. The molecule has 0 radical (unpaired) electrons. The average Bonchev–Trinajstić information content (AvgIpc) is 2.74. The van der Waals surface area contributed by atoms with Crippen molar-refractivity contribution < 1.29 is 4.79 Å². The number of benzene rings is 1. The first kappa shape index (κ1) is 12.0. The van der Waals surface area contributed by atoms with Crippen LogP contribution in [0.4, 0.5) is 0 Å². The highest BCUT2D eigenvalue weighted by molar-refractivity contribution is 7.17. The highest BCUT2D eigenvalue weighted by Crippen LogP contribution is 2.14. The van der Waals surface area contributed by atoms with Gasteiger partial charge in [0.05, 0.1) is 0 Å².